The second kappa shape index (κ2) is 5.80. The second-order valence-electron chi connectivity index (χ2n) is 1.19. The zero-order chi connectivity index (χ0) is 4.28. The maximum absolute atomic E-state index is 5.17. The standard InChI is InChI=1S/C4H7Cl.Mg.2H/c1-4(2)3-5;;;/h3H,1-2H3;;;. The van der Waals surface area contributed by atoms with Crippen molar-refractivity contribution in [2.75, 3.05) is 0 Å². The van der Waals surface area contributed by atoms with Gasteiger partial charge in [-0.15, -0.1) is 0 Å². The van der Waals surface area contributed by atoms with Crippen LogP contribution in [0.2, 0.25) is 0 Å². The Morgan fingerprint density at radius 3 is 1.67 bits per heavy atom. The number of halogens is 1. The Morgan fingerprint density at radius 2 is 1.67 bits per heavy atom. The predicted molar refractivity (Wildman–Crippen MR) is 33.8 cm³/mol. The lowest BCUT2D eigenvalue weighted by Gasteiger charge is -1.71. The molecule has 0 aromatic heterocycles. The minimum atomic E-state index is 0. The fourth-order valence-electron chi connectivity index (χ4n) is 0. The Labute approximate surface area is 59.7 Å². The van der Waals surface area contributed by atoms with Crippen molar-refractivity contribution < 1.29 is 0 Å². The lowest BCUT2D eigenvalue weighted by atomic mass is 10.4. The summed E-state index contributed by atoms with van der Waals surface area (Å²) in [5.74, 6) is 0. The zero-order valence-electron chi connectivity index (χ0n) is 3.46. The Morgan fingerprint density at radius 1 is 1.50 bits per heavy atom. The van der Waals surface area contributed by atoms with Gasteiger partial charge in [-0.3, -0.25) is 0 Å². The number of hydrogen-bond donors (Lipinski definition) is 0. The lowest BCUT2D eigenvalue weighted by molar-refractivity contribution is 1.41. The van der Waals surface area contributed by atoms with Crippen LogP contribution in [0.5, 0.6) is 0 Å². The van der Waals surface area contributed by atoms with E-state index in [1.807, 2.05) is 13.8 Å². The van der Waals surface area contributed by atoms with E-state index >= 15 is 0 Å². The monoisotopic (exact) mass is 116 g/mol. The summed E-state index contributed by atoms with van der Waals surface area (Å²) < 4.78 is 0. The van der Waals surface area contributed by atoms with Crippen LogP contribution < -0.4 is 0 Å². The molecule has 0 nitrogen and oxygen atoms in total. The maximum Gasteiger partial charge on any atom is 0.316 e. The summed E-state index contributed by atoms with van der Waals surface area (Å²) in [5.41, 5.74) is 2.70. The molecule has 0 saturated carbocycles. The Hall–Kier alpha value is 0.796. The Bertz CT molecular complexity index is 45.5. The average molecular weight is 117 g/mol. The van der Waals surface area contributed by atoms with E-state index < -0.39 is 0 Å². The van der Waals surface area contributed by atoms with E-state index in [0.717, 1.165) is 5.57 Å². The number of rotatable bonds is 0. The highest BCUT2D eigenvalue weighted by molar-refractivity contribution is 6.25. The molecule has 0 aliphatic carbocycles. The van der Waals surface area contributed by atoms with Gasteiger partial charge in [0.05, 0.1) is 0 Å². The molecule has 0 atom stereocenters. The van der Waals surface area contributed by atoms with Crippen LogP contribution in [0.3, 0.4) is 0 Å². The first-order valence-corrected chi connectivity index (χ1v) is 1.94. The Kier molecular flexibility index (Phi) is 9.59. The van der Waals surface area contributed by atoms with Gasteiger partial charge in [0.15, 0.2) is 0 Å². The summed E-state index contributed by atoms with van der Waals surface area (Å²) in [6, 6.07) is 0. The third kappa shape index (κ3) is 8.84. The fraction of sp³-hybridized carbons (Fsp3) is 0.500. The first kappa shape index (κ1) is 9.93. The molecule has 0 bridgehead atoms. The van der Waals surface area contributed by atoms with Crippen LogP contribution in [-0.4, -0.2) is 23.1 Å². The molecule has 0 aliphatic heterocycles. The van der Waals surface area contributed by atoms with Gasteiger partial charge in [-0.2, -0.15) is 0 Å². The molecule has 34 valence electrons. The van der Waals surface area contributed by atoms with Crippen LogP contribution >= 0.6 is 11.6 Å². The van der Waals surface area contributed by atoms with Crippen LogP contribution in [0.15, 0.2) is 11.1 Å². The van der Waals surface area contributed by atoms with Crippen LogP contribution in [0.25, 0.3) is 0 Å². The van der Waals surface area contributed by atoms with Crippen molar-refractivity contribution >= 4 is 34.7 Å². The topological polar surface area (TPSA) is 0 Å². The molecule has 0 aliphatic rings. The van der Waals surface area contributed by atoms with Gasteiger partial charge >= 0.3 is 23.1 Å². The van der Waals surface area contributed by atoms with Crippen molar-refractivity contribution in [1.29, 1.82) is 0 Å². The molecule has 6 heavy (non-hydrogen) atoms. The smallest absolute Gasteiger partial charge is 0.0930 e. The van der Waals surface area contributed by atoms with Gasteiger partial charge in [-0.1, -0.05) is 17.2 Å². The van der Waals surface area contributed by atoms with Crippen molar-refractivity contribution in [3.63, 3.8) is 0 Å². The SMILES string of the molecule is CC(C)=CCl.[MgH2]. The van der Waals surface area contributed by atoms with Crippen LogP contribution in [-0.2, 0) is 0 Å². The highest BCUT2D eigenvalue weighted by atomic mass is 35.5. The van der Waals surface area contributed by atoms with Crippen molar-refractivity contribution in [2.45, 2.75) is 13.8 Å². The minimum absolute atomic E-state index is 0. The van der Waals surface area contributed by atoms with E-state index in [-0.39, 0.29) is 23.1 Å². The predicted octanol–water partition coefficient (Wildman–Crippen LogP) is 1.23. The fourth-order valence-corrected chi connectivity index (χ4v) is 0. The van der Waals surface area contributed by atoms with Crippen molar-refractivity contribution in [3.05, 3.63) is 11.1 Å². The van der Waals surface area contributed by atoms with Gasteiger partial charge in [0.1, 0.15) is 0 Å². The Balaban J connectivity index is 0. The molecule has 0 fully saturated rings. The highest BCUT2D eigenvalue weighted by Gasteiger charge is 1.62. The quantitative estimate of drug-likeness (QED) is 0.418. The summed E-state index contributed by atoms with van der Waals surface area (Å²) in [6.45, 7) is 3.90. The molecule has 0 unspecified atom stereocenters. The molecular formula is C4H9ClMg. The van der Waals surface area contributed by atoms with Gasteiger partial charge in [0, 0.05) is 5.54 Å². The van der Waals surface area contributed by atoms with Crippen LogP contribution in [0.1, 0.15) is 13.8 Å². The summed E-state index contributed by atoms with van der Waals surface area (Å²) in [5, 5.41) is 0. The van der Waals surface area contributed by atoms with Crippen LogP contribution in [0, 0.1) is 0 Å². The molecular weight excluding hydrogens is 108 g/mol. The summed E-state index contributed by atoms with van der Waals surface area (Å²) in [6.07, 6.45) is 0. The minimum Gasteiger partial charge on any atom is -0.0930 e. The highest BCUT2D eigenvalue weighted by Crippen LogP contribution is 1.88. The van der Waals surface area contributed by atoms with Gasteiger partial charge in [0.2, 0.25) is 0 Å². The van der Waals surface area contributed by atoms with E-state index in [0.29, 0.717) is 0 Å². The molecule has 0 N–H and O–H groups in total. The van der Waals surface area contributed by atoms with Gasteiger partial charge in [-0.05, 0) is 13.8 Å². The number of hydrogen-bond acceptors (Lipinski definition) is 0. The first-order valence-electron chi connectivity index (χ1n) is 1.51. The average Bonchev–Trinajstić information content (AvgIpc) is 1.38. The van der Waals surface area contributed by atoms with Crippen molar-refractivity contribution in [1.82, 2.24) is 0 Å². The summed E-state index contributed by atoms with van der Waals surface area (Å²) in [4.78, 5) is 0. The normalized spacial score (nSPS) is 5.83. The van der Waals surface area contributed by atoms with E-state index in [1.165, 1.54) is 0 Å². The molecule has 0 aromatic carbocycles. The molecule has 0 spiro atoms. The summed E-state index contributed by atoms with van der Waals surface area (Å²) in [7, 11) is 0. The van der Waals surface area contributed by atoms with E-state index in [4.69, 9.17) is 11.6 Å². The zero-order valence-corrected chi connectivity index (χ0v) is 4.21. The number of allylic oxidation sites excluding steroid dienone is 1. The lowest BCUT2D eigenvalue weighted by Crippen LogP contribution is -1.49. The van der Waals surface area contributed by atoms with Gasteiger partial charge in [0.25, 0.3) is 0 Å². The van der Waals surface area contributed by atoms with Gasteiger partial charge < -0.3 is 0 Å². The second-order valence-corrected chi connectivity index (χ2v) is 1.40. The van der Waals surface area contributed by atoms with Crippen molar-refractivity contribution in [2.24, 2.45) is 0 Å². The molecule has 0 heterocycles. The molecule has 0 radical (unpaired) electrons. The summed E-state index contributed by atoms with van der Waals surface area (Å²) >= 11 is 5.17. The molecule has 0 amide bonds. The van der Waals surface area contributed by atoms with E-state index in [2.05, 4.69) is 0 Å². The third-order valence-corrected chi connectivity index (χ3v) is 0.655. The van der Waals surface area contributed by atoms with E-state index in [1.54, 1.807) is 5.54 Å². The van der Waals surface area contributed by atoms with Crippen LogP contribution in [0.4, 0.5) is 0 Å². The van der Waals surface area contributed by atoms with E-state index in [9.17, 15) is 0 Å². The molecule has 0 rings (SSSR count). The third-order valence-electron chi connectivity index (χ3n) is 0.218. The van der Waals surface area contributed by atoms with Crippen molar-refractivity contribution in [3.8, 4) is 0 Å². The van der Waals surface area contributed by atoms with Gasteiger partial charge in [-0.25, -0.2) is 0 Å². The maximum atomic E-state index is 5.17. The molecule has 0 saturated heterocycles. The molecule has 0 aromatic rings. The largest absolute Gasteiger partial charge is 0.316 e. The first-order chi connectivity index (χ1) is 2.27. The molecule has 2 heteroatoms.